The minimum Gasteiger partial charge on any atom is -0.462 e. The summed E-state index contributed by atoms with van der Waals surface area (Å²) in [4.78, 5) is 11.7. The Hall–Kier alpha value is -3.17. The molecule has 3 nitrogen and oxygen atoms in total. The van der Waals surface area contributed by atoms with Crippen molar-refractivity contribution in [2.75, 3.05) is 13.2 Å². The molecule has 1 aliphatic rings. The van der Waals surface area contributed by atoms with Crippen LogP contribution >= 0.6 is 0 Å². The lowest BCUT2D eigenvalue weighted by Crippen LogP contribution is -2.07. The molecule has 0 aliphatic heterocycles. The van der Waals surface area contributed by atoms with E-state index in [2.05, 4.69) is 74.2 Å². The topological polar surface area (TPSA) is 46.5 Å². The van der Waals surface area contributed by atoms with Crippen LogP contribution in [-0.2, 0) is 28.8 Å². The van der Waals surface area contributed by atoms with Crippen LogP contribution in [0, 0.1) is 0 Å². The number of ether oxygens (including phenoxy) is 1. The maximum absolute atomic E-state index is 11.7. The maximum atomic E-state index is 11.7. The van der Waals surface area contributed by atoms with Crippen LogP contribution in [0.3, 0.4) is 0 Å². The summed E-state index contributed by atoms with van der Waals surface area (Å²) >= 11 is 0. The van der Waals surface area contributed by atoms with Crippen molar-refractivity contribution in [3.05, 3.63) is 95.1 Å². The molecule has 3 aromatic carbocycles. The number of aliphatic hydroxyl groups is 1. The van der Waals surface area contributed by atoms with E-state index in [-0.39, 0.29) is 12.6 Å². The molecule has 0 radical (unpaired) electrons. The number of rotatable bonds is 11. The molecule has 1 aliphatic carbocycles. The number of benzene rings is 3. The molecule has 1 fully saturated rings. The van der Waals surface area contributed by atoms with Crippen molar-refractivity contribution in [3.63, 3.8) is 0 Å². The highest BCUT2D eigenvalue weighted by Crippen LogP contribution is 2.35. The third-order valence-corrected chi connectivity index (χ3v) is 7.88. The van der Waals surface area contributed by atoms with E-state index >= 15 is 0 Å². The number of hydrogen-bond acceptors (Lipinski definition) is 3. The van der Waals surface area contributed by atoms with Crippen LogP contribution in [0.25, 0.3) is 22.3 Å². The van der Waals surface area contributed by atoms with Crippen LogP contribution in [0.4, 0.5) is 0 Å². The first-order valence-electron chi connectivity index (χ1n) is 14.3. The quantitative estimate of drug-likeness (QED) is 0.161. The Balaban J connectivity index is 1.53. The van der Waals surface area contributed by atoms with E-state index in [0.29, 0.717) is 18.6 Å². The Morgan fingerprint density at radius 2 is 1.55 bits per heavy atom. The predicted octanol–water partition coefficient (Wildman–Crippen LogP) is 8.22. The molecule has 1 N–H and O–H groups in total. The normalized spacial score (nSPS) is 13.9. The Kier molecular flexibility index (Phi) is 9.95. The molecule has 0 spiro atoms. The first-order valence-corrected chi connectivity index (χ1v) is 14.3. The van der Waals surface area contributed by atoms with Crippen LogP contribution in [0.15, 0.2) is 72.8 Å². The van der Waals surface area contributed by atoms with Gasteiger partial charge in [0.05, 0.1) is 6.61 Å². The van der Waals surface area contributed by atoms with Crippen LogP contribution < -0.4 is 0 Å². The summed E-state index contributed by atoms with van der Waals surface area (Å²) in [6, 6.07) is 22.6. The zero-order valence-corrected chi connectivity index (χ0v) is 23.1. The summed E-state index contributed by atoms with van der Waals surface area (Å²) < 4.78 is 5.29. The first-order chi connectivity index (χ1) is 18.5. The smallest absolute Gasteiger partial charge is 0.333 e. The molecule has 3 aromatic rings. The number of hydrogen-bond donors (Lipinski definition) is 1. The Bertz CT molecular complexity index is 1230. The zero-order valence-electron chi connectivity index (χ0n) is 23.1. The van der Waals surface area contributed by atoms with Gasteiger partial charge in [0.1, 0.15) is 0 Å². The van der Waals surface area contributed by atoms with Crippen molar-refractivity contribution in [1.29, 1.82) is 0 Å². The van der Waals surface area contributed by atoms with E-state index in [1.165, 1.54) is 71.0 Å². The van der Waals surface area contributed by atoms with Crippen molar-refractivity contribution in [1.82, 2.24) is 0 Å². The zero-order chi connectivity index (χ0) is 26.9. The van der Waals surface area contributed by atoms with Gasteiger partial charge in [-0.25, -0.2) is 4.79 Å². The summed E-state index contributed by atoms with van der Waals surface area (Å²) in [5.74, 6) is 0.387. The molecule has 0 saturated heterocycles. The van der Waals surface area contributed by atoms with E-state index in [4.69, 9.17) is 4.74 Å². The van der Waals surface area contributed by atoms with Gasteiger partial charge in [0.25, 0.3) is 0 Å². The molecule has 0 atom stereocenters. The second kappa shape index (κ2) is 13.6. The molecule has 200 valence electrons. The standard InChI is InChI=1S/C35H42O3/c1-4-26-23-32(29-14-12-28(13-15-29)27-9-6-5-7-10-27)18-19-34(26)33-17-16-30(20-21-36)31(24-33)11-8-22-38-35(37)25(2)3/h12-19,23-24,27,36H,2,4-11,20-22H2,1,3H3. The fourth-order valence-electron chi connectivity index (χ4n) is 5.67. The summed E-state index contributed by atoms with van der Waals surface area (Å²) in [5.41, 5.74) is 10.6. The monoisotopic (exact) mass is 510 g/mol. The van der Waals surface area contributed by atoms with Crippen LogP contribution in [0.1, 0.15) is 80.5 Å². The molecule has 3 heteroatoms. The average Bonchev–Trinajstić information content (AvgIpc) is 2.96. The van der Waals surface area contributed by atoms with Crippen LogP contribution in [0.2, 0.25) is 0 Å². The highest BCUT2D eigenvalue weighted by Gasteiger charge is 2.16. The minimum absolute atomic E-state index is 0.117. The molecule has 0 aromatic heterocycles. The van der Waals surface area contributed by atoms with E-state index in [1.807, 2.05) is 0 Å². The van der Waals surface area contributed by atoms with Gasteiger partial charge in [-0.15, -0.1) is 0 Å². The summed E-state index contributed by atoms with van der Waals surface area (Å²) in [6.07, 6.45) is 9.86. The molecule has 0 amide bonds. The molecular weight excluding hydrogens is 468 g/mol. The third kappa shape index (κ3) is 7.02. The lowest BCUT2D eigenvalue weighted by molar-refractivity contribution is -0.139. The number of carbonyl (C=O) groups excluding carboxylic acids is 1. The Labute approximate surface area is 228 Å². The first kappa shape index (κ1) is 27.9. The number of aryl methyl sites for hydroxylation is 2. The van der Waals surface area contributed by atoms with Gasteiger partial charge in [0, 0.05) is 12.2 Å². The van der Waals surface area contributed by atoms with Gasteiger partial charge in [-0.1, -0.05) is 93.4 Å². The van der Waals surface area contributed by atoms with Crippen molar-refractivity contribution in [2.24, 2.45) is 0 Å². The van der Waals surface area contributed by atoms with E-state index < -0.39 is 0 Å². The largest absolute Gasteiger partial charge is 0.462 e. The number of carbonyl (C=O) groups is 1. The fraction of sp³-hybridized carbons (Fsp3) is 0.400. The number of aliphatic hydroxyl groups excluding tert-OH is 1. The fourth-order valence-corrected chi connectivity index (χ4v) is 5.67. The van der Waals surface area contributed by atoms with E-state index in [0.717, 1.165) is 30.7 Å². The van der Waals surface area contributed by atoms with Gasteiger partial charge >= 0.3 is 5.97 Å². The Morgan fingerprint density at radius 1 is 0.868 bits per heavy atom. The molecular formula is C35H42O3. The molecule has 0 unspecified atom stereocenters. The van der Waals surface area contributed by atoms with E-state index in [9.17, 15) is 9.90 Å². The molecule has 0 heterocycles. The lowest BCUT2D eigenvalue weighted by atomic mass is 9.83. The maximum Gasteiger partial charge on any atom is 0.333 e. The lowest BCUT2D eigenvalue weighted by Gasteiger charge is -2.22. The Morgan fingerprint density at radius 3 is 2.24 bits per heavy atom. The SMILES string of the molecule is C=C(C)C(=O)OCCCc1cc(-c2ccc(-c3ccc(C4CCCCC4)cc3)cc2CC)ccc1CCO. The van der Waals surface area contributed by atoms with Crippen molar-refractivity contribution >= 4 is 5.97 Å². The average molecular weight is 511 g/mol. The van der Waals surface area contributed by atoms with Gasteiger partial charge < -0.3 is 9.84 Å². The van der Waals surface area contributed by atoms with Crippen LogP contribution in [-0.4, -0.2) is 24.3 Å². The summed E-state index contributed by atoms with van der Waals surface area (Å²) in [5, 5.41) is 9.57. The third-order valence-electron chi connectivity index (χ3n) is 7.88. The predicted molar refractivity (Wildman–Crippen MR) is 157 cm³/mol. The van der Waals surface area contributed by atoms with Crippen molar-refractivity contribution in [3.8, 4) is 22.3 Å². The molecule has 38 heavy (non-hydrogen) atoms. The van der Waals surface area contributed by atoms with Gasteiger partial charge in [0.2, 0.25) is 0 Å². The van der Waals surface area contributed by atoms with Gasteiger partial charge in [-0.3, -0.25) is 0 Å². The summed E-state index contributed by atoms with van der Waals surface area (Å²) in [6.45, 7) is 7.99. The molecule has 4 rings (SSSR count). The molecule has 0 bridgehead atoms. The van der Waals surface area contributed by atoms with Gasteiger partial charge in [-0.05, 0) is 95.9 Å². The second-order valence-corrected chi connectivity index (χ2v) is 10.7. The number of esters is 1. The molecule has 1 saturated carbocycles. The highest BCUT2D eigenvalue weighted by molar-refractivity contribution is 5.86. The minimum atomic E-state index is -0.342. The van der Waals surface area contributed by atoms with Crippen molar-refractivity contribution in [2.45, 2.75) is 77.6 Å². The van der Waals surface area contributed by atoms with Crippen LogP contribution in [0.5, 0.6) is 0 Å². The van der Waals surface area contributed by atoms with Gasteiger partial charge in [-0.2, -0.15) is 0 Å². The van der Waals surface area contributed by atoms with Crippen molar-refractivity contribution < 1.29 is 14.6 Å². The highest BCUT2D eigenvalue weighted by atomic mass is 16.5. The van der Waals surface area contributed by atoms with E-state index in [1.54, 1.807) is 6.92 Å². The van der Waals surface area contributed by atoms with Gasteiger partial charge in [0.15, 0.2) is 0 Å². The summed E-state index contributed by atoms with van der Waals surface area (Å²) in [7, 11) is 0. The second-order valence-electron chi connectivity index (χ2n) is 10.7.